The van der Waals surface area contributed by atoms with Crippen LogP contribution in [-0.4, -0.2) is 10.9 Å². The second-order valence-electron chi connectivity index (χ2n) is 3.85. The van der Waals surface area contributed by atoms with Gasteiger partial charge in [0.2, 0.25) is 0 Å². The summed E-state index contributed by atoms with van der Waals surface area (Å²) in [5, 5.41) is 11.4. The number of aromatic nitrogens is 1. The van der Waals surface area contributed by atoms with Crippen molar-refractivity contribution >= 4 is 5.91 Å². The Morgan fingerprint density at radius 1 is 1.32 bits per heavy atom. The Morgan fingerprint density at radius 3 is 2.74 bits per heavy atom. The monoisotopic (exact) mass is 255 g/mol. The van der Waals surface area contributed by atoms with Crippen molar-refractivity contribution in [2.75, 3.05) is 0 Å². The number of carbonyl (C=O) groups is 1. The number of hydrogen-bond acceptors (Lipinski definition) is 3. The van der Waals surface area contributed by atoms with Gasteiger partial charge >= 0.3 is 0 Å². The Bertz CT molecular complexity index is 632. The van der Waals surface area contributed by atoms with Crippen LogP contribution in [0.25, 0.3) is 0 Å². The number of nitrogens with one attached hydrogen (secondary N) is 1. The summed E-state index contributed by atoms with van der Waals surface area (Å²) in [6.07, 6.45) is 1.41. The first-order valence-corrected chi connectivity index (χ1v) is 5.58. The summed E-state index contributed by atoms with van der Waals surface area (Å²) in [6, 6.07) is 10.7. The zero-order valence-electron chi connectivity index (χ0n) is 9.93. The van der Waals surface area contributed by atoms with Gasteiger partial charge in [-0.1, -0.05) is 12.1 Å². The van der Waals surface area contributed by atoms with Gasteiger partial charge in [0, 0.05) is 12.7 Å². The van der Waals surface area contributed by atoms with Crippen LogP contribution in [0.15, 0.2) is 42.6 Å². The summed E-state index contributed by atoms with van der Waals surface area (Å²) in [6.45, 7) is 0.275. The van der Waals surface area contributed by atoms with Crippen molar-refractivity contribution in [3.05, 3.63) is 65.2 Å². The van der Waals surface area contributed by atoms with Crippen molar-refractivity contribution < 1.29 is 9.18 Å². The predicted molar refractivity (Wildman–Crippen MR) is 66.5 cm³/mol. The predicted octanol–water partition coefficient (Wildman–Crippen LogP) is 2.02. The fraction of sp³-hybridized carbons (Fsp3) is 0.0714. The Balaban J connectivity index is 2.01. The lowest BCUT2D eigenvalue weighted by Crippen LogP contribution is -2.23. The molecule has 0 aliphatic carbocycles. The van der Waals surface area contributed by atoms with E-state index in [1.807, 2.05) is 6.07 Å². The van der Waals surface area contributed by atoms with E-state index >= 15 is 0 Å². The molecule has 94 valence electrons. The molecule has 1 heterocycles. The maximum absolute atomic E-state index is 12.7. The quantitative estimate of drug-likeness (QED) is 0.912. The maximum Gasteiger partial charge on any atom is 0.270 e. The Kier molecular flexibility index (Phi) is 3.84. The highest BCUT2D eigenvalue weighted by Gasteiger charge is 2.07. The number of benzene rings is 1. The molecule has 2 aromatic rings. The van der Waals surface area contributed by atoms with Crippen LogP contribution >= 0.6 is 0 Å². The molecule has 1 aromatic heterocycles. The summed E-state index contributed by atoms with van der Waals surface area (Å²) in [5.41, 5.74) is 1.34. The van der Waals surface area contributed by atoms with E-state index in [1.165, 1.54) is 30.5 Å². The van der Waals surface area contributed by atoms with Crippen LogP contribution in [0.1, 0.15) is 21.6 Å². The van der Waals surface area contributed by atoms with Gasteiger partial charge in [-0.3, -0.25) is 9.78 Å². The van der Waals surface area contributed by atoms with E-state index < -0.39 is 0 Å². The molecule has 5 heteroatoms. The first-order valence-electron chi connectivity index (χ1n) is 5.58. The molecule has 0 spiro atoms. The third-order valence-corrected chi connectivity index (χ3v) is 2.49. The number of pyridine rings is 1. The van der Waals surface area contributed by atoms with E-state index in [9.17, 15) is 9.18 Å². The smallest absolute Gasteiger partial charge is 0.270 e. The van der Waals surface area contributed by atoms with Gasteiger partial charge in [0.25, 0.3) is 5.91 Å². The Labute approximate surface area is 109 Å². The molecule has 4 nitrogen and oxygen atoms in total. The minimum atomic E-state index is -0.374. The molecule has 0 radical (unpaired) electrons. The zero-order valence-corrected chi connectivity index (χ0v) is 9.93. The highest BCUT2D eigenvalue weighted by Crippen LogP contribution is 2.04. The van der Waals surface area contributed by atoms with Crippen LogP contribution in [0.3, 0.4) is 0 Å². The van der Waals surface area contributed by atoms with Gasteiger partial charge in [-0.2, -0.15) is 5.26 Å². The van der Waals surface area contributed by atoms with Crippen molar-refractivity contribution in [1.82, 2.24) is 10.3 Å². The standard InChI is InChI=1S/C14H10FN3O/c15-12-3-1-10(2-4-12)9-18-14(19)13-7-11(8-16)5-6-17-13/h1-7H,9H2,(H,18,19). The highest BCUT2D eigenvalue weighted by molar-refractivity contribution is 5.92. The van der Waals surface area contributed by atoms with Gasteiger partial charge < -0.3 is 5.32 Å². The number of nitriles is 1. The Morgan fingerprint density at radius 2 is 2.05 bits per heavy atom. The lowest BCUT2D eigenvalue weighted by molar-refractivity contribution is 0.0946. The molecule has 19 heavy (non-hydrogen) atoms. The molecular weight excluding hydrogens is 245 g/mol. The molecule has 0 unspecified atom stereocenters. The van der Waals surface area contributed by atoms with Crippen LogP contribution in [0.2, 0.25) is 0 Å². The molecule has 1 N–H and O–H groups in total. The fourth-order valence-corrected chi connectivity index (χ4v) is 1.50. The van der Waals surface area contributed by atoms with E-state index in [2.05, 4.69) is 10.3 Å². The van der Waals surface area contributed by atoms with E-state index in [1.54, 1.807) is 12.1 Å². The van der Waals surface area contributed by atoms with Crippen LogP contribution in [0, 0.1) is 17.1 Å². The highest BCUT2D eigenvalue weighted by atomic mass is 19.1. The number of carbonyl (C=O) groups excluding carboxylic acids is 1. The van der Waals surface area contributed by atoms with Crippen LogP contribution < -0.4 is 5.32 Å². The van der Waals surface area contributed by atoms with E-state index in [0.717, 1.165) is 5.56 Å². The van der Waals surface area contributed by atoms with Crippen LogP contribution in [0.5, 0.6) is 0 Å². The summed E-state index contributed by atoms with van der Waals surface area (Å²) in [5.74, 6) is -0.695. The average Bonchev–Trinajstić information content (AvgIpc) is 2.46. The minimum absolute atomic E-state index is 0.182. The first-order chi connectivity index (χ1) is 9.19. The molecule has 0 aliphatic rings. The molecule has 2 rings (SSSR count). The van der Waals surface area contributed by atoms with Gasteiger partial charge in [0.05, 0.1) is 11.6 Å². The second-order valence-corrected chi connectivity index (χ2v) is 3.85. The fourth-order valence-electron chi connectivity index (χ4n) is 1.50. The SMILES string of the molecule is N#Cc1ccnc(C(=O)NCc2ccc(F)cc2)c1. The molecule has 0 fully saturated rings. The molecule has 0 atom stereocenters. The minimum Gasteiger partial charge on any atom is -0.347 e. The molecule has 0 bridgehead atoms. The number of hydrogen-bond donors (Lipinski definition) is 1. The number of rotatable bonds is 3. The molecule has 1 aromatic carbocycles. The topological polar surface area (TPSA) is 65.8 Å². The third-order valence-electron chi connectivity index (χ3n) is 2.49. The maximum atomic E-state index is 12.7. The van der Waals surface area contributed by atoms with Crippen LogP contribution in [-0.2, 0) is 6.54 Å². The van der Waals surface area contributed by atoms with Gasteiger partial charge in [-0.15, -0.1) is 0 Å². The molecule has 1 amide bonds. The summed E-state index contributed by atoms with van der Waals surface area (Å²) in [4.78, 5) is 15.7. The average molecular weight is 255 g/mol. The van der Waals surface area contributed by atoms with E-state index in [-0.39, 0.29) is 24.0 Å². The van der Waals surface area contributed by atoms with Crippen molar-refractivity contribution in [1.29, 1.82) is 5.26 Å². The van der Waals surface area contributed by atoms with Crippen molar-refractivity contribution in [3.8, 4) is 6.07 Å². The number of amides is 1. The zero-order chi connectivity index (χ0) is 13.7. The number of nitrogens with zero attached hydrogens (tertiary/aromatic N) is 2. The second kappa shape index (κ2) is 5.74. The molecule has 0 saturated carbocycles. The van der Waals surface area contributed by atoms with Gasteiger partial charge in [-0.25, -0.2) is 4.39 Å². The summed E-state index contributed by atoms with van der Waals surface area (Å²) in [7, 11) is 0. The van der Waals surface area contributed by atoms with E-state index in [4.69, 9.17) is 5.26 Å². The van der Waals surface area contributed by atoms with Crippen molar-refractivity contribution in [3.63, 3.8) is 0 Å². The normalized spacial score (nSPS) is 9.68. The largest absolute Gasteiger partial charge is 0.347 e. The first kappa shape index (κ1) is 12.7. The van der Waals surface area contributed by atoms with Gasteiger partial charge in [0.15, 0.2) is 0 Å². The van der Waals surface area contributed by atoms with Gasteiger partial charge in [0.1, 0.15) is 11.5 Å². The van der Waals surface area contributed by atoms with Gasteiger partial charge in [-0.05, 0) is 29.8 Å². The van der Waals surface area contributed by atoms with Crippen molar-refractivity contribution in [2.24, 2.45) is 0 Å². The third kappa shape index (κ3) is 3.36. The lowest BCUT2D eigenvalue weighted by Gasteiger charge is -2.05. The number of halogens is 1. The van der Waals surface area contributed by atoms with Crippen LogP contribution in [0.4, 0.5) is 4.39 Å². The Hall–Kier alpha value is -2.74. The lowest BCUT2D eigenvalue weighted by atomic mass is 10.2. The summed E-state index contributed by atoms with van der Waals surface area (Å²) < 4.78 is 12.7. The van der Waals surface area contributed by atoms with E-state index in [0.29, 0.717) is 5.56 Å². The molecule has 0 aliphatic heterocycles. The molecule has 0 saturated heterocycles. The molecular formula is C14H10FN3O. The van der Waals surface area contributed by atoms with Crippen molar-refractivity contribution in [2.45, 2.75) is 6.54 Å². The summed E-state index contributed by atoms with van der Waals surface area (Å²) >= 11 is 0.